The van der Waals surface area contributed by atoms with E-state index in [1.165, 1.54) is 0 Å². The van der Waals surface area contributed by atoms with Crippen LogP contribution in [0.1, 0.15) is 13.3 Å². The van der Waals surface area contributed by atoms with Crippen LogP contribution in [0.2, 0.25) is 0 Å². The van der Waals surface area contributed by atoms with Crippen molar-refractivity contribution in [2.24, 2.45) is 0 Å². The van der Waals surface area contributed by atoms with Gasteiger partial charge < -0.3 is 5.11 Å². The van der Waals surface area contributed by atoms with Gasteiger partial charge in [0.1, 0.15) is 13.1 Å². The van der Waals surface area contributed by atoms with Crippen molar-refractivity contribution in [2.45, 2.75) is 19.5 Å². The van der Waals surface area contributed by atoms with Crippen molar-refractivity contribution < 1.29 is 31.5 Å². The molecule has 0 aromatic carbocycles. The Balaban J connectivity index is 4.84. The second kappa shape index (κ2) is 6.17. The summed E-state index contributed by atoms with van der Waals surface area (Å²) in [6, 6.07) is 0. The summed E-state index contributed by atoms with van der Waals surface area (Å²) in [4.78, 5) is 10.3. The second-order valence-electron chi connectivity index (χ2n) is 3.18. The molecule has 10 heteroatoms. The number of nitrogens with zero attached hydrogens (tertiary/aromatic N) is 1. The van der Waals surface area contributed by atoms with Crippen LogP contribution >= 0.6 is 0 Å². The van der Waals surface area contributed by atoms with Crippen LogP contribution < -0.4 is 4.72 Å². The SMILES string of the molecule is CCCNS(=O)(=O)N(CC(=O)O)CC(F)(F)F. The van der Waals surface area contributed by atoms with Gasteiger partial charge in [0.25, 0.3) is 10.2 Å². The maximum absolute atomic E-state index is 12.1. The van der Waals surface area contributed by atoms with Crippen molar-refractivity contribution in [1.29, 1.82) is 0 Å². The minimum absolute atomic E-state index is 0.0592. The monoisotopic (exact) mass is 278 g/mol. The Hall–Kier alpha value is -0.870. The highest BCUT2D eigenvalue weighted by Gasteiger charge is 2.37. The number of aliphatic carboxylic acids is 1. The van der Waals surface area contributed by atoms with E-state index in [0.717, 1.165) is 0 Å². The van der Waals surface area contributed by atoms with Crippen molar-refractivity contribution in [3.05, 3.63) is 0 Å². The zero-order valence-electron chi connectivity index (χ0n) is 8.99. The zero-order chi connectivity index (χ0) is 13.7. The summed E-state index contributed by atoms with van der Waals surface area (Å²) in [6.07, 6.45) is -4.41. The number of hydrogen-bond donors (Lipinski definition) is 2. The van der Waals surface area contributed by atoms with E-state index < -0.39 is 35.4 Å². The molecule has 0 aromatic rings. The summed E-state index contributed by atoms with van der Waals surface area (Å²) in [5, 5.41) is 8.37. The van der Waals surface area contributed by atoms with Gasteiger partial charge in [0, 0.05) is 6.54 Å². The van der Waals surface area contributed by atoms with E-state index in [1.54, 1.807) is 6.92 Å². The lowest BCUT2D eigenvalue weighted by atomic mass is 10.5. The first kappa shape index (κ1) is 16.1. The molecule has 0 spiro atoms. The maximum atomic E-state index is 12.1. The lowest BCUT2D eigenvalue weighted by Crippen LogP contribution is -2.47. The number of alkyl halides is 3. The van der Waals surface area contributed by atoms with Crippen LogP contribution in [-0.4, -0.2) is 49.6 Å². The van der Waals surface area contributed by atoms with Crippen LogP contribution in [0.3, 0.4) is 0 Å². The second-order valence-corrected chi connectivity index (χ2v) is 4.93. The average molecular weight is 278 g/mol. The Kier molecular flexibility index (Phi) is 5.85. The molecule has 0 unspecified atom stereocenters. The number of rotatable bonds is 7. The molecule has 6 nitrogen and oxygen atoms in total. The molecule has 0 aliphatic carbocycles. The molecular weight excluding hydrogens is 265 g/mol. The van der Waals surface area contributed by atoms with Crippen LogP contribution in [0.4, 0.5) is 13.2 Å². The standard InChI is InChI=1S/C7H13F3N2O4S/c1-2-3-11-17(15,16)12(4-6(13)14)5-7(8,9)10/h11H,2-5H2,1H3,(H,13,14). The van der Waals surface area contributed by atoms with Gasteiger partial charge in [-0.25, -0.2) is 4.72 Å². The van der Waals surface area contributed by atoms with Gasteiger partial charge in [-0.2, -0.15) is 25.9 Å². The van der Waals surface area contributed by atoms with Crippen LogP contribution in [0.25, 0.3) is 0 Å². The Bertz CT molecular complexity index is 355. The fourth-order valence-corrected chi connectivity index (χ4v) is 2.14. The van der Waals surface area contributed by atoms with Crippen molar-refractivity contribution in [2.75, 3.05) is 19.6 Å². The number of hydrogen-bond acceptors (Lipinski definition) is 3. The summed E-state index contributed by atoms with van der Waals surface area (Å²) in [6.45, 7) is -1.51. The lowest BCUT2D eigenvalue weighted by molar-refractivity contribution is -0.146. The van der Waals surface area contributed by atoms with Gasteiger partial charge >= 0.3 is 12.1 Å². The summed E-state index contributed by atoms with van der Waals surface area (Å²) in [7, 11) is -4.43. The molecular formula is C7H13F3N2O4S. The predicted octanol–water partition coefficient (Wildman–Crippen LogP) is 0.180. The summed E-state index contributed by atoms with van der Waals surface area (Å²) in [5.74, 6) is -1.66. The lowest BCUT2D eigenvalue weighted by Gasteiger charge is -2.21. The molecule has 0 saturated carbocycles. The molecule has 0 saturated heterocycles. The van der Waals surface area contributed by atoms with Gasteiger partial charge in [-0.05, 0) is 6.42 Å². The van der Waals surface area contributed by atoms with Crippen LogP contribution in [0, 0.1) is 0 Å². The summed E-state index contributed by atoms with van der Waals surface area (Å²) < 4.78 is 60.7. The van der Waals surface area contributed by atoms with E-state index in [-0.39, 0.29) is 10.8 Å². The van der Waals surface area contributed by atoms with Crippen LogP contribution in [0.5, 0.6) is 0 Å². The molecule has 0 fully saturated rings. The first-order valence-corrected chi connectivity index (χ1v) is 6.05. The van der Waals surface area contributed by atoms with Crippen LogP contribution in [-0.2, 0) is 15.0 Å². The molecule has 0 aliphatic rings. The minimum Gasteiger partial charge on any atom is -0.480 e. The highest BCUT2D eigenvalue weighted by Crippen LogP contribution is 2.17. The highest BCUT2D eigenvalue weighted by molar-refractivity contribution is 7.87. The first-order valence-electron chi connectivity index (χ1n) is 4.61. The third-order valence-electron chi connectivity index (χ3n) is 1.54. The van der Waals surface area contributed by atoms with E-state index in [0.29, 0.717) is 6.42 Å². The van der Waals surface area contributed by atoms with E-state index in [4.69, 9.17) is 5.11 Å². The average Bonchev–Trinajstić information content (AvgIpc) is 2.11. The molecule has 0 aliphatic heterocycles. The molecule has 0 rings (SSSR count). The van der Waals surface area contributed by atoms with Gasteiger partial charge in [0.15, 0.2) is 0 Å². The highest BCUT2D eigenvalue weighted by atomic mass is 32.2. The van der Waals surface area contributed by atoms with E-state index in [1.807, 2.05) is 4.72 Å². The van der Waals surface area contributed by atoms with Crippen LogP contribution in [0.15, 0.2) is 0 Å². The van der Waals surface area contributed by atoms with Crippen molar-refractivity contribution >= 4 is 16.2 Å². The number of carboxylic acids is 1. The predicted molar refractivity (Wildman–Crippen MR) is 52.5 cm³/mol. The molecule has 0 bridgehead atoms. The fraction of sp³-hybridized carbons (Fsp3) is 0.857. The minimum atomic E-state index is -4.80. The van der Waals surface area contributed by atoms with E-state index >= 15 is 0 Å². The smallest absolute Gasteiger partial charge is 0.402 e. The summed E-state index contributed by atoms with van der Waals surface area (Å²) in [5.41, 5.74) is 0. The van der Waals surface area contributed by atoms with Crippen molar-refractivity contribution in [1.82, 2.24) is 9.03 Å². The third-order valence-corrected chi connectivity index (χ3v) is 3.05. The Morgan fingerprint density at radius 1 is 1.41 bits per heavy atom. The molecule has 0 radical (unpaired) electrons. The third kappa shape index (κ3) is 7.13. The molecule has 0 amide bonds. The van der Waals surface area contributed by atoms with Gasteiger partial charge in [0.2, 0.25) is 0 Å². The van der Waals surface area contributed by atoms with Gasteiger partial charge in [-0.15, -0.1) is 0 Å². The molecule has 17 heavy (non-hydrogen) atoms. The molecule has 0 heterocycles. The number of nitrogens with one attached hydrogen (secondary N) is 1. The fourth-order valence-electron chi connectivity index (χ4n) is 0.899. The van der Waals surface area contributed by atoms with Crippen molar-refractivity contribution in [3.8, 4) is 0 Å². The molecule has 2 N–H and O–H groups in total. The largest absolute Gasteiger partial charge is 0.480 e. The summed E-state index contributed by atoms with van der Waals surface area (Å²) >= 11 is 0. The molecule has 0 atom stereocenters. The van der Waals surface area contributed by atoms with Gasteiger partial charge in [0.05, 0.1) is 0 Å². The Morgan fingerprint density at radius 3 is 2.29 bits per heavy atom. The zero-order valence-corrected chi connectivity index (χ0v) is 9.81. The van der Waals surface area contributed by atoms with E-state index in [2.05, 4.69) is 0 Å². The van der Waals surface area contributed by atoms with Crippen molar-refractivity contribution in [3.63, 3.8) is 0 Å². The number of carboxylic acid groups (broad SMARTS) is 1. The van der Waals surface area contributed by atoms with Gasteiger partial charge in [-0.3, -0.25) is 4.79 Å². The maximum Gasteiger partial charge on any atom is 0.402 e. The molecule has 102 valence electrons. The number of carbonyl (C=O) groups is 1. The first-order chi connectivity index (χ1) is 7.58. The quantitative estimate of drug-likeness (QED) is 0.695. The molecule has 0 aromatic heterocycles. The number of halogens is 3. The van der Waals surface area contributed by atoms with Gasteiger partial charge in [-0.1, -0.05) is 6.92 Å². The van der Waals surface area contributed by atoms with E-state index in [9.17, 15) is 26.4 Å². The Morgan fingerprint density at radius 2 is 1.94 bits per heavy atom. The Labute approximate surface area is 96.6 Å². The normalized spacial score (nSPS) is 13.0. The topological polar surface area (TPSA) is 86.7 Å².